The van der Waals surface area contributed by atoms with Crippen LogP contribution in [-0.2, 0) is 15.8 Å². The molecule has 0 radical (unpaired) electrons. The summed E-state index contributed by atoms with van der Waals surface area (Å²) in [6.07, 6.45) is -3.12. The van der Waals surface area contributed by atoms with Crippen LogP contribution in [0.1, 0.15) is 51.7 Å². The molecule has 2 aliphatic rings. The number of carbonyl (C=O) groups is 2. The Morgan fingerprint density at radius 2 is 1.75 bits per heavy atom. The summed E-state index contributed by atoms with van der Waals surface area (Å²) in [6, 6.07) is 4.75. The van der Waals surface area contributed by atoms with Gasteiger partial charge in [0, 0.05) is 38.6 Å². The number of hydrogen-bond acceptors (Lipinski definition) is 5. The van der Waals surface area contributed by atoms with E-state index in [2.05, 4.69) is 4.90 Å². The molecule has 36 heavy (non-hydrogen) atoms. The maximum Gasteiger partial charge on any atom is 0.417 e. The van der Waals surface area contributed by atoms with Gasteiger partial charge in [-0.2, -0.15) is 18.4 Å². The van der Waals surface area contributed by atoms with E-state index in [0.717, 1.165) is 49.5 Å². The van der Waals surface area contributed by atoms with Gasteiger partial charge in [-0.05, 0) is 63.7 Å². The first-order valence-corrected chi connectivity index (χ1v) is 12.5. The van der Waals surface area contributed by atoms with Crippen LogP contribution >= 0.6 is 12.2 Å². The second-order valence-corrected chi connectivity index (χ2v) is 10.4. The molecule has 196 valence electrons. The van der Waals surface area contributed by atoms with Crippen molar-refractivity contribution in [3.8, 4) is 6.07 Å². The predicted octanol–water partition coefficient (Wildman–Crippen LogP) is 3.87. The zero-order chi connectivity index (χ0) is 26.8. The van der Waals surface area contributed by atoms with Crippen LogP contribution in [0.3, 0.4) is 0 Å². The second-order valence-electron chi connectivity index (χ2n) is 10.0. The summed E-state index contributed by atoms with van der Waals surface area (Å²) in [5.41, 5.74) is -2.61. The predicted molar refractivity (Wildman–Crippen MR) is 134 cm³/mol. The van der Waals surface area contributed by atoms with Crippen LogP contribution in [-0.4, -0.2) is 76.4 Å². The Bertz CT molecular complexity index is 1060. The molecule has 0 saturated carbocycles. The number of thiocarbonyl (C=S) groups is 1. The summed E-state index contributed by atoms with van der Waals surface area (Å²) in [6.45, 7) is 11.6. The summed E-state index contributed by atoms with van der Waals surface area (Å²) in [5, 5.41) is 9.21. The zero-order valence-corrected chi connectivity index (χ0v) is 21.9. The van der Waals surface area contributed by atoms with Crippen LogP contribution < -0.4 is 4.90 Å². The van der Waals surface area contributed by atoms with Gasteiger partial charge in [-0.15, -0.1) is 0 Å². The summed E-state index contributed by atoms with van der Waals surface area (Å²) in [5.74, 6) is -0.231. The van der Waals surface area contributed by atoms with E-state index in [-0.39, 0.29) is 22.6 Å². The van der Waals surface area contributed by atoms with Gasteiger partial charge in [0.25, 0.3) is 5.91 Å². The first-order valence-electron chi connectivity index (χ1n) is 12.1. The average Bonchev–Trinajstić information content (AvgIpc) is 2.99. The third kappa shape index (κ3) is 5.65. The van der Waals surface area contributed by atoms with E-state index < -0.39 is 28.7 Å². The smallest absolute Gasteiger partial charge is 0.340 e. The van der Waals surface area contributed by atoms with Crippen molar-refractivity contribution in [2.24, 2.45) is 5.92 Å². The number of halogens is 3. The molecule has 0 unspecified atom stereocenters. The number of carbonyl (C=O) groups excluding carboxylic acids is 2. The number of nitriles is 1. The number of rotatable bonds is 7. The average molecular weight is 524 g/mol. The lowest BCUT2D eigenvalue weighted by Gasteiger charge is -2.36. The molecule has 0 bridgehead atoms. The molecule has 2 heterocycles. The quantitative estimate of drug-likeness (QED) is 0.399. The Hall–Kier alpha value is -2.71. The van der Waals surface area contributed by atoms with Crippen molar-refractivity contribution in [1.29, 1.82) is 5.26 Å². The molecule has 11 heteroatoms. The normalized spacial score (nSPS) is 18.8. The van der Waals surface area contributed by atoms with E-state index in [4.69, 9.17) is 17.5 Å². The minimum atomic E-state index is -4.73. The van der Waals surface area contributed by atoms with Crippen LogP contribution in [0.25, 0.3) is 0 Å². The number of amides is 2. The fourth-order valence-electron chi connectivity index (χ4n) is 4.60. The van der Waals surface area contributed by atoms with Crippen LogP contribution in [0.15, 0.2) is 18.2 Å². The Kier molecular flexibility index (Phi) is 8.30. The molecule has 0 atom stereocenters. The molecule has 0 aromatic heterocycles. The van der Waals surface area contributed by atoms with Crippen molar-refractivity contribution in [1.82, 2.24) is 14.7 Å². The molecule has 7 nitrogen and oxygen atoms in total. The minimum Gasteiger partial charge on any atom is -0.340 e. The Labute approximate surface area is 215 Å². The molecule has 2 amide bonds. The van der Waals surface area contributed by atoms with Gasteiger partial charge in [0.1, 0.15) is 5.54 Å². The summed E-state index contributed by atoms with van der Waals surface area (Å²) >= 11 is 5.54. The highest BCUT2D eigenvalue weighted by Gasteiger charge is 2.49. The Balaban J connectivity index is 1.61. The van der Waals surface area contributed by atoms with Crippen LogP contribution in [0.2, 0.25) is 0 Å². The zero-order valence-electron chi connectivity index (χ0n) is 21.1. The highest BCUT2D eigenvalue weighted by atomic mass is 32.1. The molecule has 2 saturated heterocycles. The van der Waals surface area contributed by atoms with E-state index in [1.54, 1.807) is 24.8 Å². The van der Waals surface area contributed by atoms with Crippen LogP contribution in [0.5, 0.6) is 0 Å². The van der Waals surface area contributed by atoms with Gasteiger partial charge in [-0.25, -0.2) is 0 Å². The van der Waals surface area contributed by atoms with E-state index in [0.29, 0.717) is 19.6 Å². The molecule has 2 fully saturated rings. The molecule has 1 aromatic rings. The van der Waals surface area contributed by atoms with Gasteiger partial charge >= 0.3 is 6.18 Å². The first kappa shape index (κ1) is 27.9. The fourth-order valence-corrected chi connectivity index (χ4v) is 5.11. The van der Waals surface area contributed by atoms with Gasteiger partial charge in [-0.1, -0.05) is 13.8 Å². The molecular weight excluding hydrogens is 491 g/mol. The standard InChI is InChI=1S/C25H32F3N5O2S/c1-17(2)21(34)31-13-11-30(12-14-31)9-5-6-10-32-23(36)33(22(35)24(32,3)4)19-8-7-18(16-29)20(15-19)25(26,27)28/h7-8,15,17H,5-6,9-14H2,1-4H3. The van der Waals surface area contributed by atoms with Crippen molar-refractivity contribution < 1.29 is 22.8 Å². The third-order valence-electron chi connectivity index (χ3n) is 6.79. The van der Waals surface area contributed by atoms with Gasteiger partial charge in [0.15, 0.2) is 5.11 Å². The van der Waals surface area contributed by atoms with Gasteiger partial charge in [0.2, 0.25) is 5.91 Å². The van der Waals surface area contributed by atoms with Crippen molar-refractivity contribution >= 4 is 34.8 Å². The summed E-state index contributed by atoms with van der Waals surface area (Å²) in [4.78, 5) is 32.4. The van der Waals surface area contributed by atoms with Crippen molar-refractivity contribution in [3.05, 3.63) is 29.3 Å². The highest BCUT2D eigenvalue weighted by molar-refractivity contribution is 7.80. The molecule has 1 aromatic carbocycles. The largest absolute Gasteiger partial charge is 0.417 e. The van der Waals surface area contributed by atoms with Gasteiger partial charge in [0.05, 0.1) is 22.9 Å². The molecule has 3 rings (SSSR count). The lowest BCUT2D eigenvalue weighted by atomic mass is 10.0. The molecule has 0 N–H and O–H groups in total. The van der Waals surface area contributed by atoms with Crippen molar-refractivity contribution in [3.63, 3.8) is 0 Å². The van der Waals surface area contributed by atoms with Crippen LogP contribution in [0, 0.1) is 17.2 Å². The molecule has 2 aliphatic heterocycles. The van der Waals surface area contributed by atoms with E-state index in [1.807, 2.05) is 18.7 Å². The lowest BCUT2D eigenvalue weighted by Crippen LogP contribution is -2.50. The number of anilines is 1. The first-order chi connectivity index (χ1) is 16.8. The van der Waals surface area contributed by atoms with Gasteiger partial charge in [-0.3, -0.25) is 19.4 Å². The monoisotopic (exact) mass is 523 g/mol. The van der Waals surface area contributed by atoms with Crippen LogP contribution in [0.4, 0.5) is 18.9 Å². The van der Waals surface area contributed by atoms with Crippen molar-refractivity contribution in [2.45, 2.75) is 52.3 Å². The third-order valence-corrected chi connectivity index (χ3v) is 7.20. The topological polar surface area (TPSA) is 70.9 Å². The minimum absolute atomic E-state index is 0.000663. The molecule has 0 aliphatic carbocycles. The van der Waals surface area contributed by atoms with E-state index in [1.165, 1.54) is 6.07 Å². The highest BCUT2D eigenvalue weighted by Crippen LogP contribution is 2.37. The number of nitrogens with zero attached hydrogens (tertiary/aromatic N) is 5. The number of piperazine rings is 1. The van der Waals surface area contributed by atoms with E-state index >= 15 is 0 Å². The fraction of sp³-hybridized carbons (Fsp3) is 0.600. The van der Waals surface area contributed by atoms with Crippen molar-refractivity contribution in [2.75, 3.05) is 44.2 Å². The number of hydrogen-bond donors (Lipinski definition) is 0. The second kappa shape index (κ2) is 10.7. The molecular formula is C25H32F3N5O2S. The Morgan fingerprint density at radius 1 is 1.14 bits per heavy atom. The number of unbranched alkanes of at least 4 members (excludes halogenated alkanes) is 1. The Morgan fingerprint density at radius 3 is 2.31 bits per heavy atom. The maximum absolute atomic E-state index is 13.5. The number of alkyl halides is 3. The summed E-state index contributed by atoms with van der Waals surface area (Å²) < 4.78 is 40.4. The molecule has 0 spiro atoms. The SMILES string of the molecule is CC(C)C(=O)N1CCN(CCCCN2C(=S)N(c3ccc(C#N)c(C(F)(F)F)c3)C(=O)C2(C)C)CC1. The summed E-state index contributed by atoms with van der Waals surface area (Å²) in [7, 11) is 0. The lowest BCUT2D eigenvalue weighted by molar-refractivity contribution is -0.138. The van der Waals surface area contributed by atoms with Gasteiger partial charge < -0.3 is 9.80 Å². The maximum atomic E-state index is 13.5. The number of benzene rings is 1. The van der Waals surface area contributed by atoms with E-state index in [9.17, 15) is 22.8 Å².